The highest BCUT2D eigenvalue weighted by Gasteiger charge is 2.43. The summed E-state index contributed by atoms with van der Waals surface area (Å²) in [4.78, 5) is 0. The van der Waals surface area contributed by atoms with Crippen molar-refractivity contribution in [3.8, 4) is 0 Å². The molecule has 0 spiro atoms. The molecule has 2 aliphatic rings. The predicted octanol–water partition coefficient (Wildman–Crippen LogP) is 6.78. The van der Waals surface area contributed by atoms with Crippen LogP contribution in [0.5, 0.6) is 0 Å². The minimum absolute atomic E-state index is 0.162. The number of hydrogen-bond acceptors (Lipinski definition) is 1. The standard InChI is InChI=1S/C23H25Cl2N/c1-2-21(18-4-3-5-20(25)14-18)23(17-10-12-19(24)13-11-17)26-22(15-6-7-15)16-8-9-16/h2-5,10-16,21-23,26H,1,6-9H2. The molecule has 2 aromatic rings. The lowest BCUT2D eigenvalue weighted by molar-refractivity contribution is 0.349. The Kier molecular flexibility index (Phi) is 5.40. The summed E-state index contributed by atoms with van der Waals surface area (Å²) in [5.74, 6) is 1.83. The molecule has 2 aliphatic carbocycles. The van der Waals surface area contributed by atoms with Gasteiger partial charge in [-0.05, 0) is 72.9 Å². The van der Waals surface area contributed by atoms with Crippen molar-refractivity contribution in [2.24, 2.45) is 11.8 Å². The van der Waals surface area contributed by atoms with Gasteiger partial charge in [-0.1, -0.05) is 53.5 Å². The zero-order valence-electron chi connectivity index (χ0n) is 14.9. The summed E-state index contributed by atoms with van der Waals surface area (Å²) in [5.41, 5.74) is 2.45. The molecular formula is C23H25Cl2N. The zero-order chi connectivity index (χ0) is 18.1. The molecule has 26 heavy (non-hydrogen) atoms. The van der Waals surface area contributed by atoms with E-state index >= 15 is 0 Å². The second-order valence-electron chi connectivity index (χ2n) is 7.71. The summed E-state index contributed by atoms with van der Waals surface area (Å²) in [5, 5.41) is 5.56. The van der Waals surface area contributed by atoms with Crippen molar-refractivity contribution in [1.29, 1.82) is 0 Å². The van der Waals surface area contributed by atoms with Crippen LogP contribution in [-0.2, 0) is 0 Å². The molecule has 4 rings (SSSR count). The SMILES string of the molecule is C=CC(c1cccc(Cl)c1)C(NC(C1CC1)C1CC1)c1ccc(Cl)cc1. The van der Waals surface area contributed by atoms with E-state index in [2.05, 4.69) is 42.2 Å². The number of benzene rings is 2. The van der Waals surface area contributed by atoms with Crippen molar-refractivity contribution in [3.63, 3.8) is 0 Å². The van der Waals surface area contributed by atoms with Crippen molar-refractivity contribution < 1.29 is 0 Å². The summed E-state index contributed by atoms with van der Waals surface area (Å²) in [6, 6.07) is 17.2. The van der Waals surface area contributed by atoms with Gasteiger partial charge in [0.1, 0.15) is 0 Å². The van der Waals surface area contributed by atoms with E-state index in [1.54, 1.807) is 0 Å². The lowest BCUT2D eigenvalue weighted by atomic mass is 9.86. The Labute approximate surface area is 166 Å². The summed E-state index contributed by atoms with van der Waals surface area (Å²) >= 11 is 12.4. The van der Waals surface area contributed by atoms with Gasteiger partial charge in [-0.3, -0.25) is 0 Å². The molecule has 2 saturated carbocycles. The van der Waals surface area contributed by atoms with Gasteiger partial charge < -0.3 is 5.32 Å². The first-order valence-electron chi connectivity index (χ1n) is 9.55. The van der Waals surface area contributed by atoms with Gasteiger partial charge in [0.05, 0.1) is 0 Å². The van der Waals surface area contributed by atoms with Crippen LogP contribution < -0.4 is 5.32 Å². The molecule has 3 heteroatoms. The molecule has 0 aromatic heterocycles. The zero-order valence-corrected chi connectivity index (χ0v) is 16.4. The molecule has 0 heterocycles. The van der Waals surface area contributed by atoms with Gasteiger partial charge in [0.25, 0.3) is 0 Å². The van der Waals surface area contributed by atoms with E-state index in [0.29, 0.717) is 6.04 Å². The van der Waals surface area contributed by atoms with Gasteiger partial charge in [-0.2, -0.15) is 0 Å². The largest absolute Gasteiger partial charge is 0.306 e. The number of hydrogen-bond donors (Lipinski definition) is 1. The molecule has 0 aliphatic heterocycles. The van der Waals surface area contributed by atoms with Gasteiger partial charge in [0.15, 0.2) is 0 Å². The highest BCUT2D eigenvalue weighted by atomic mass is 35.5. The first-order chi connectivity index (χ1) is 12.7. The number of halogens is 2. The van der Waals surface area contributed by atoms with Gasteiger partial charge in [0.2, 0.25) is 0 Å². The molecule has 2 unspecified atom stereocenters. The van der Waals surface area contributed by atoms with Crippen LogP contribution in [0.1, 0.15) is 48.8 Å². The average Bonchev–Trinajstić information content (AvgIpc) is 3.54. The van der Waals surface area contributed by atoms with Gasteiger partial charge in [-0.15, -0.1) is 6.58 Å². The van der Waals surface area contributed by atoms with Gasteiger partial charge in [0, 0.05) is 28.0 Å². The number of rotatable bonds is 8. The average molecular weight is 386 g/mol. The Hall–Kier alpha value is -1.28. The molecule has 0 saturated heterocycles. The van der Waals surface area contributed by atoms with Crippen LogP contribution in [-0.4, -0.2) is 6.04 Å². The molecule has 0 radical (unpaired) electrons. The fraction of sp³-hybridized carbons (Fsp3) is 0.391. The van der Waals surface area contributed by atoms with E-state index in [9.17, 15) is 0 Å². The maximum Gasteiger partial charge on any atom is 0.0427 e. The third kappa shape index (κ3) is 4.17. The first-order valence-corrected chi connectivity index (χ1v) is 10.3. The quantitative estimate of drug-likeness (QED) is 0.493. The van der Waals surface area contributed by atoms with Crippen molar-refractivity contribution in [1.82, 2.24) is 5.32 Å². The molecule has 0 amide bonds. The molecule has 136 valence electrons. The summed E-state index contributed by atoms with van der Waals surface area (Å²) in [6.07, 6.45) is 7.48. The predicted molar refractivity (Wildman–Crippen MR) is 111 cm³/mol. The summed E-state index contributed by atoms with van der Waals surface area (Å²) in [6.45, 7) is 4.15. The maximum atomic E-state index is 6.27. The van der Waals surface area contributed by atoms with Crippen LogP contribution in [0.2, 0.25) is 10.0 Å². The van der Waals surface area contributed by atoms with Crippen LogP contribution in [0.25, 0.3) is 0 Å². The third-order valence-corrected chi connectivity index (χ3v) is 6.19. The summed E-state index contributed by atoms with van der Waals surface area (Å²) in [7, 11) is 0. The van der Waals surface area contributed by atoms with Gasteiger partial charge >= 0.3 is 0 Å². The molecule has 2 fully saturated rings. The second-order valence-corrected chi connectivity index (χ2v) is 8.59. The molecule has 1 N–H and O–H groups in total. The Morgan fingerprint density at radius 3 is 2.08 bits per heavy atom. The van der Waals surface area contributed by atoms with Crippen LogP contribution in [0.4, 0.5) is 0 Å². The Morgan fingerprint density at radius 1 is 0.885 bits per heavy atom. The first kappa shape index (κ1) is 18.1. The van der Waals surface area contributed by atoms with Crippen LogP contribution in [0, 0.1) is 11.8 Å². The van der Waals surface area contributed by atoms with E-state index < -0.39 is 0 Å². The fourth-order valence-corrected chi connectivity index (χ4v) is 4.36. The Balaban J connectivity index is 1.68. The lowest BCUT2D eigenvalue weighted by Crippen LogP contribution is -2.38. The van der Waals surface area contributed by atoms with Crippen molar-refractivity contribution >= 4 is 23.2 Å². The van der Waals surface area contributed by atoms with Crippen molar-refractivity contribution in [2.45, 2.75) is 43.7 Å². The molecule has 2 aromatic carbocycles. The molecular weight excluding hydrogens is 361 g/mol. The summed E-state index contributed by atoms with van der Waals surface area (Å²) < 4.78 is 0. The number of nitrogens with one attached hydrogen (secondary N) is 1. The van der Waals surface area contributed by atoms with Crippen molar-refractivity contribution in [3.05, 3.63) is 82.4 Å². The normalized spacial score (nSPS) is 19.3. The van der Waals surface area contributed by atoms with Crippen molar-refractivity contribution in [2.75, 3.05) is 0 Å². The van der Waals surface area contributed by atoms with Crippen LogP contribution in [0.15, 0.2) is 61.2 Å². The van der Waals surface area contributed by atoms with E-state index in [0.717, 1.165) is 21.9 Å². The minimum Gasteiger partial charge on any atom is -0.306 e. The Morgan fingerprint density at radius 2 is 1.54 bits per heavy atom. The smallest absolute Gasteiger partial charge is 0.0427 e. The second kappa shape index (κ2) is 7.76. The third-order valence-electron chi connectivity index (χ3n) is 5.71. The molecule has 0 bridgehead atoms. The topological polar surface area (TPSA) is 12.0 Å². The highest BCUT2D eigenvalue weighted by Crippen LogP contribution is 2.46. The van der Waals surface area contributed by atoms with Crippen LogP contribution in [0.3, 0.4) is 0 Å². The highest BCUT2D eigenvalue weighted by molar-refractivity contribution is 6.30. The van der Waals surface area contributed by atoms with Gasteiger partial charge in [-0.25, -0.2) is 0 Å². The fourth-order valence-electron chi connectivity index (χ4n) is 4.03. The minimum atomic E-state index is 0.162. The lowest BCUT2D eigenvalue weighted by Gasteiger charge is -2.32. The maximum absolute atomic E-state index is 6.27. The van der Waals surface area contributed by atoms with E-state index in [4.69, 9.17) is 23.2 Å². The van der Waals surface area contributed by atoms with E-state index in [-0.39, 0.29) is 12.0 Å². The van der Waals surface area contributed by atoms with Crippen LogP contribution >= 0.6 is 23.2 Å². The monoisotopic (exact) mass is 385 g/mol. The molecule has 2 atom stereocenters. The van der Waals surface area contributed by atoms with E-state index in [1.807, 2.05) is 24.3 Å². The van der Waals surface area contributed by atoms with E-state index in [1.165, 1.54) is 36.8 Å². The molecule has 1 nitrogen and oxygen atoms in total. The Bertz CT molecular complexity index is 750.